The number of anilines is 2. The number of carbonyl (C=O) groups is 2. The third-order valence-corrected chi connectivity index (χ3v) is 2.43. The van der Waals surface area contributed by atoms with Crippen LogP contribution in [0.4, 0.5) is 15.8 Å². The maximum absolute atomic E-state index is 12.7. The normalized spacial score (nSPS) is 9.90. The van der Waals surface area contributed by atoms with Crippen LogP contribution in [0.5, 0.6) is 0 Å². The zero-order valence-corrected chi connectivity index (χ0v) is 10.7. The van der Waals surface area contributed by atoms with Gasteiger partial charge in [0.2, 0.25) is 11.9 Å². The van der Waals surface area contributed by atoms with Gasteiger partial charge in [-0.2, -0.15) is 4.39 Å². The molecule has 0 atom stereocenters. The molecule has 20 heavy (non-hydrogen) atoms. The van der Waals surface area contributed by atoms with Crippen LogP contribution in [0.15, 0.2) is 42.6 Å². The lowest BCUT2D eigenvalue weighted by Crippen LogP contribution is -2.13. The molecule has 0 fully saturated rings. The molecule has 0 bridgehead atoms. The molecule has 0 spiro atoms. The Kier molecular flexibility index (Phi) is 4.05. The van der Waals surface area contributed by atoms with Gasteiger partial charge in [-0.3, -0.25) is 9.59 Å². The number of amides is 2. The van der Waals surface area contributed by atoms with E-state index in [2.05, 4.69) is 15.6 Å². The van der Waals surface area contributed by atoms with Crippen LogP contribution in [0.2, 0.25) is 0 Å². The number of rotatable bonds is 3. The SMILES string of the molecule is CC(=O)Nc1cccc(NC(=O)c2ccc(F)nc2)c1. The lowest BCUT2D eigenvalue weighted by atomic mass is 10.2. The summed E-state index contributed by atoms with van der Waals surface area (Å²) in [5.74, 6) is -1.25. The van der Waals surface area contributed by atoms with Crippen LogP contribution in [0.1, 0.15) is 17.3 Å². The van der Waals surface area contributed by atoms with E-state index < -0.39 is 11.9 Å². The van der Waals surface area contributed by atoms with Gasteiger partial charge in [0.1, 0.15) is 0 Å². The minimum Gasteiger partial charge on any atom is -0.326 e. The molecule has 2 aromatic rings. The highest BCUT2D eigenvalue weighted by Crippen LogP contribution is 2.16. The van der Waals surface area contributed by atoms with Gasteiger partial charge in [0.05, 0.1) is 5.56 Å². The van der Waals surface area contributed by atoms with Crippen molar-refractivity contribution in [1.82, 2.24) is 4.98 Å². The summed E-state index contributed by atoms with van der Waals surface area (Å²) in [7, 11) is 0. The van der Waals surface area contributed by atoms with Crippen LogP contribution in [0.25, 0.3) is 0 Å². The molecule has 0 aliphatic rings. The highest BCUT2D eigenvalue weighted by Gasteiger charge is 2.07. The molecule has 2 rings (SSSR count). The minimum atomic E-state index is -0.644. The van der Waals surface area contributed by atoms with Gasteiger partial charge in [-0.25, -0.2) is 4.98 Å². The summed E-state index contributed by atoms with van der Waals surface area (Å²) in [6.45, 7) is 1.40. The Morgan fingerprint density at radius 2 is 1.80 bits per heavy atom. The van der Waals surface area contributed by atoms with Crippen molar-refractivity contribution in [3.8, 4) is 0 Å². The van der Waals surface area contributed by atoms with Crippen LogP contribution in [0.3, 0.4) is 0 Å². The van der Waals surface area contributed by atoms with Crippen molar-refractivity contribution in [2.75, 3.05) is 10.6 Å². The van der Waals surface area contributed by atoms with Crippen molar-refractivity contribution in [1.29, 1.82) is 0 Å². The fraction of sp³-hybridized carbons (Fsp3) is 0.0714. The zero-order chi connectivity index (χ0) is 14.5. The van der Waals surface area contributed by atoms with E-state index in [1.165, 1.54) is 13.0 Å². The van der Waals surface area contributed by atoms with E-state index in [-0.39, 0.29) is 11.5 Å². The van der Waals surface area contributed by atoms with Gasteiger partial charge < -0.3 is 10.6 Å². The van der Waals surface area contributed by atoms with Gasteiger partial charge in [-0.15, -0.1) is 0 Å². The molecule has 0 saturated heterocycles. The Balaban J connectivity index is 2.11. The first kappa shape index (κ1) is 13.7. The summed E-state index contributed by atoms with van der Waals surface area (Å²) >= 11 is 0. The second-order valence-electron chi connectivity index (χ2n) is 4.09. The Morgan fingerprint density at radius 3 is 2.40 bits per heavy atom. The highest BCUT2D eigenvalue weighted by atomic mass is 19.1. The summed E-state index contributed by atoms with van der Waals surface area (Å²) in [5.41, 5.74) is 1.34. The summed E-state index contributed by atoms with van der Waals surface area (Å²) in [6, 6.07) is 9.16. The first-order valence-corrected chi connectivity index (χ1v) is 5.85. The second-order valence-corrected chi connectivity index (χ2v) is 4.09. The Bertz CT molecular complexity index is 641. The average Bonchev–Trinajstić information content (AvgIpc) is 2.39. The number of halogens is 1. The maximum Gasteiger partial charge on any atom is 0.257 e. The topological polar surface area (TPSA) is 71.1 Å². The average molecular weight is 273 g/mol. The quantitative estimate of drug-likeness (QED) is 0.844. The standard InChI is InChI=1S/C14H12FN3O2/c1-9(19)17-11-3-2-4-12(7-11)18-14(20)10-5-6-13(15)16-8-10/h2-8H,1H3,(H,17,19)(H,18,20). The van der Waals surface area contributed by atoms with Gasteiger partial charge in [0.15, 0.2) is 0 Å². The molecule has 5 nitrogen and oxygen atoms in total. The number of benzene rings is 1. The fourth-order valence-corrected chi connectivity index (χ4v) is 1.59. The molecule has 1 heterocycles. The molecule has 2 N–H and O–H groups in total. The van der Waals surface area contributed by atoms with Crippen LogP contribution in [-0.4, -0.2) is 16.8 Å². The molecule has 2 amide bonds. The largest absolute Gasteiger partial charge is 0.326 e. The first-order valence-electron chi connectivity index (χ1n) is 5.85. The smallest absolute Gasteiger partial charge is 0.257 e. The second kappa shape index (κ2) is 5.92. The van der Waals surface area contributed by atoms with E-state index in [9.17, 15) is 14.0 Å². The lowest BCUT2D eigenvalue weighted by molar-refractivity contribution is -0.114. The van der Waals surface area contributed by atoms with Crippen molar-refractivity contribution in [3.63, 3.8) is 0 Å². The number of carbonyl (C=O) groups excluding carboxylic acids is 2. The third kappa shape index (κ3) is 3.61. The molecular formula is C14H12FN3O2. The van der Waals surface area contributed by atoms with Crippen LogP contribution in [-0.2, 0) is 4.79 Å². The summed E-state index contributed by atoms with van der Waals surface area (Å²) < 4.78 is 12.7. The van der Waals surface area contributed by atoms with Crippen molar-refractivity contribution in [2.45, 2.75) is 6.92 Å². The number of hydrogen-bond donors (Lipinski definition) is 2. The van der Waals surface area contributed by atoms with E-state index >= 15 is 0 Å². The van der Waals surface area contributed by atoms with E-state index in [0.29, 0.717) is 11.4 Å². The predicted molar refractivity (Wildman–Crippen MR) is 72.9 cm³/mol. The molecule has 1 aromatic carbocycles. The van der Waals surface area contributed by atoms with E-state index in [0.717, 1.165) is 12.3 Å². The fourth-order valence-electron chi connectivity index (χ4n) is 1.59. The van der Waals surface area contributed by atoms with E-state index in [1.54, 1.807) is 24.3 Å². The van der Waals surface area contributed by atoms with E-state index in [1.807, 2.05) is 0 Å². The predicted octanol–water partition coefficient (Wildman–Crippen LogP) is 2.43. The first-order chi connectivity index (χ1) is 9.54. The molecule has 0 aliphatic carbocycles. The Labute approximate surface area is 114 Å². The molecule has 0 unspecified atom stereocenters. The van der Waals surface area contributed by atoms with Gasteiger partial charge in [0, 0.05) is 24.5 Å². The molecule has 6 heteroatoms. The number of nitrogens with one attached hydrogen (secondary N) is 2. The molecular weight excluding hydrogens is 261 g/mol. The molecule has 0 radical (unpaired) electrons. The molecule has 102 valence electrons. The van der Waals surface area contributed by atoms with Gasteiger partial charge in [-0.05, 0) is 30.3 Å². The van der Waals surface area contributed by atoms with E-state index in [4.69, 9.17) is 0 Å². The number of hydrogen-bond acceptors (Lipinski definition) is 3. The monoisotopic (exact) mass is 273 g/mol. The zero-order valence-electron chi connectivity index (χ0n) is 10.7. The number of nitrogens with zero attached hydrogens (tertiary/aromatic N) is 1. The summed E-state index contributed by atoms with van der Waals surface area (Å²) in [4.78, 5) is 26.3. The van der Waals surface area contributed by atoms with Crippen molar-refractivity contribution < 1.29 is 14.0 Å². The van der Waals surface area contributed by atoms with Crippen molar-refractivity contribution in [3.05, 3.63) is 54.1 Å². The van der Waals surface area contributed by atoms with Crippen LogP contribution < -0.4 is 10.6 Å². The maximum atomic E-state index is 12.7. The lowest BCUT2D eigenvalue weighted by Gasteiger charge is -2.07. The Hall–Kier alpha value is -2.76. The summed E-state index contributed by atoms with van der Waals surface area (Å²) in [5, 5.41) is 5.25. The van der Waals surface area contributed by atoms with Crippen molar-refractivity contribution in [2.24, 2.45) is 0 Å². The van der Waals surface area contributed by atoms with Gasteiger partial charge in [0.25, 0.3) is 5.91 Å². The van der Waals surface area contributed by atoms with Crippen LogP contribution in [0, 0.1) is 5.95 Å². The summed E-state index contributed by atoms with van der Waals surface area (Å²) in [6.07, 6.45) is 1.16. The van der Waals surface area contributed by atoms with Gasteiger partial charge in [-0.1, -0.05) is 6.07 Å². The minimum absolute atomic E-state index is 0.198. The Morgan fingerprint density at radius 1 is 1.10 bits per heavy atom. The molecule has 0 aliphatic heterocycles. The van der Waals surface area contributed by atoms with Gasteiger partial charge >= 0.3 is 0 Å². The highest BCUT2D eigenvalue weighted by molar-refractivity contribution is 6.04. The molecule has 0 saturated carbocycles. The van der Waals surface area contributed by atoms with Crippen LogP contribution >= 0.6 is 0 Å². The molecule has 1 aromatic heterocycles. The third-order valence-electron chi connectivity index (χ3n) is 2.43. The van der Waals surface area contributed by atoms with Crippen molar-refractivity contribution >= 4 is 23.2 Å². The number of aromatic nitrogens is 1. The number of pyridine rings is 1.